The molecule has 1 atom stereocenters. The van der Waals surface area contributed by atoms with Gasteiger partial charge in [0.25, 0.3) is 0 Å². The van der Waals surface area contributed by atoms with Crippen molar-refractivity contribution in [1.82, 2.24) is 5.32 Å². The minimum atomic E-state index is 0.420. The Kier molecular flexibility index (Phi) is 6.12. The number of nitrogens with one attached hydrogen (secondary N) is 1. The van der Waals surface area contributed by atoms with Gasteiger partial charge in [0.2, 0.25) is 0 Å². The third-order valence-corrected chi connectivity index (χ3v) is 5.64. The van der Waals surface area contributed by atoms with Crippen molar-refractivity contribution >= 4 is 15.9 Å². The molecule has 3 heteroatoms. The molecule has 0 spiro atoms. The molecule has 1 unspecified atom stereocenters. The van der Waals surface area contributed by atoms with Crippen molar-refractivity contribution in [2.45, 2.75) is 58.4 Å². The van der Waals surface area contributed by atoms with Crippen LogP contribution in [-0.4, -0.2) is 13.7 Å². The molecule has 0 aliphatic heterocycles. The number of benzene rings is 1. The van der Waals surface area contributed by atoms with Gasteiger partial charge in [-0.05, 0) is 71.3 Å². The van der Waals surface area contributed by atoms with Crippen molar-refractivity contribution in [3.8, 4) is 5.75 Å². The van der Waals surface area contributed by atoms with Crippen LogP contribution in [0.1, 0.15) is 64.0 Å². The summed E-state index contributed by atoms with van der Waals surface area (Å²) < 4.78 is 6.42. The Hall–Kier alpha value is -0.540. The predicted octanol–water partition coefficient (Wildman–Crippen LogP) is 5.47. The molecular weight excluding hydrogens is 326 g/mol. The lowest BCUT2D eigenvalue weighted by molar-refractivity contribution is 0.187. The number of halogens is 1. The fourth-order valence-corrected chi connectivity index (χ4v) is 4.32. The van der Waals surface area contributed by atoms with Gasteiger partial charge in [-0.2, -0.15) is 0 Å². The second-order valence-corrected chi connectivity index (χ2v) is 7.06. The van der Waals surface area contributed by atoms with E-state index in [1.807, 2.05) is 0 Å². The van der Waals surface area contributed by atoms with Crippen LogP contribution in [-0.2, 0) is 0 Å². The maximum Gasteiger partial charge on any atom is 0.133 e. The summed E-state index contributed by atoms with van der Waals surface area (Å²) in [6.45, 7) is 5.67. The van der Waals surface area contributed by atoms with Crippen molar-refractivity contribution in [1.29, 1.82) is 0 Å². The molecule has 0 aromatic heterocycles. The Balaban J connectivity index is 2.33. The first-order valence-corrected chi connectivity index (χ1v) is 9.03. The van der Waals surface area contributed by atoms with Crippen LogP contribution in [0.4, 0.5) is 0 Å². The summed E-state index contributed by atoms with van der Waals surface area (Å²) in [4.78, 5) is 0. The molecule has 1 aromatic carbocycles. The Morgan fingerprint density at radius 3 is 2.52 bits per heavy atom. The van der Waals surface area contributed by atoms with Crippen molar-refractivity contribution in [3.63, 3.8) is 0 Å². The van der Waals surface area contributed by atoms with Gasteiger partial charge in [-0.15, -0.1) is 0 Å². The summed E-state index contributed by atoms with van der Waals surface area (Å²) in [7, 11) is 1.72. The van der Waals surface area contributed by atoms with E-state index in [1.54, 1.807) is 7.11 Å². The van der Waals surface area contributed by atoms with Gasteiger partial charge < -0.3 is 10.1 Å². The maximum absolute atomic E-state index is 5.37. The lowest BCUT2D eigenvalue weighted by atomic mass is 9.73. The van der Waals surface area contributed by atoms with E-state index in [0.29, 0.717) is 11.5 Å². The van der Waals surface area contributed by atoms with Gasteiger partial charge >= 0.3 is 0 Å². The second kappa shape index (κ2) is 7.64. The third-order valence-electron chi connectivity index (χ3n) is 5.02. The summed E-state index contributed by atoms with van der Waals surface area (Å²) in [6.07, 6.45) is 7.85. The van der Waals surface area contributed by atoms with Crippen LogP contribution in [0.5, 0.6) is 5.75 Å². The SMILES string of the molecule is CCCNC(c1ccc(OC)c(Br)c1)C1(CC)CCCC1. The molecule has 0 saturated heterocycles. The number of hydrogen-bond acceptors (Lipinski definition) is 2. The van der Waals surface area contributed by atoms with Crippen molar-refractivity contribution in [3.05, 3.63) is 28.2 Å². The van der Waals surface area contributed by atoms with E-state index >= 15 is 0 Å². The highest BCUT2D eigenvalue weighted by Gasteiger charge is 2.40. The number of methoxy groups -OCH3 is 1. The monoisotopic (exact) mass is 353 g/mol. The van der Waals surface area contributed by atoms with E-state index in [2.05, 4.69) is 53.3 Å². The fourth-order valence-electron chi connectivity index (χ4n) is 3.76. The van der Waals surface area contributed by atoms with Crippen molar-refractivity contribution in [2.24, 2.45) is 5.41 Å². The standard InChI is InChI=1S/C18H28BrNO/c1-4-12-20-17(18(5-2)10-6-7-11-18)14-8-9-16(21-3)15(19)13-14/h8-9,13,17,20H,4-7,10-12H2,1-3H3. The first-order chi connectivity index (χ1) is 10.2. The van der Waals surface area contributed by atoms with Crippen LogP contribution < -0.4 is 10.1 Å². The zero-order valence-electron chi connectivity index (χ0n) is 13.5. The highest BCUT2D eigenvalue weighted by atomic mass is 79.9. The van der Waals surface area contributed by atoms with Gasteiger partial charge in [0.15, 0.2) is 0 Å². The van der Waals surface area contributed by atoms with Crippen LogP contribution in [0.15, 0.2) is 22.7 Å². The van der Waals surface area contributed by atoms with E-state index in [1.165, 1.54) is 44.1 Å². The molecule has 2 nitrogen and oxygen atoms in total. The third kappa shape index (κ3) is 3.62. The minimum absolute atomic E-state index is 0.420. The van der Waals surface area contributed by atoms with Crippen molar-refractivity contribution < 1.29 is 4.74 Å². The molecule has 0 heterocycles. The van der Waals surface area contributed by atoms with E-state index in [4.69, 9.17) is 4.74 Å². The van der Waals surface area contributed by atoms with Crippen LogP contribution in [0.3, 0.4) is 0 Å². The fraction of sp³-hybridized carbons (Fsp3) is 0.667. The summed E-state index contributed by atoms with van der Waals surface area (Å²) >= 11 is 3.64. The smallest absolute Gasteiger partial charge is 0.133 e. The van der Waals surface area contributed by atoms with Gasteiger partial charge in [0.1, 0.15) is 5.75 Å². The molecule has 118 valence electrons. The zero-order chi connectivity index (χ0) is 15.3. The summed E-state index contributed by atoms with van der Waals surface area (Å²) in [5.41, 5.74) is 1.81. The average Bonchev–Trinajstić information content (AvgIpc) is 2.98. The normalized spacial score (nSPS) is 18.7. The average molecular weight is 354 g/mol. The topological polar surface area (TPSA) is 21.3 Å². The summed E-state index contributed by atoms with van der Waals surface area (Å²) in [5, 5.41) is 3.82. The first-order valence-electron chi connectivity index (χ1n) is 8.23. The first kappa shape index (κ1) is 16.8. The summed E-state index contributed by atoms with van der Waals surface area (Å²) in [6, 6.07) is 7.00. The Morgan fingerprint density at radius 2 is 2.00 bits per heavy atom. The van der Waals surface area contributed by atoms with E-state index in [9.17, 15) is 0 Å². The van der Waals surface area contributed by atoms with Gasteiger partial charge in [0.05, 0.1) is 11.6 Å². The highest BCUT2D eigenvalue weighted by molar-refractivity contribution is 9.10. The molecule has 21 heavy (non-hydrogen) atoms. The van der Waals surface area contributed by atoms with Crippen LogP contribution in [0, 0.1) is 5.41 Å². The molecule has 2 rings (SSSR count). The van der Waals surface area contributed by atoms with Gasteiger partial charge in [-0.1, -0.05) is 32.8 Å². The Morgan fingerprint density at radius 1 is 1.29 bits per heavy atom. The lowest BCUT2D eigenvalue weighted by Gasteiger charge is -2.38. The highest BCUT2D eigenvalue weighted by Crippen LogP contribution is 2.50. The van der Waals surface area contributed by atoms with E-state index in [0.717, 1.165) is 16.8 Å². The molecule has 1 aliphatic rings. The lowest BCUT2D eigenvalue weighted by Crippen LogP contribution is -2.36. The summed E-state index contributed by atoms with van der Waals surface area (Å²) in [5.74, 6) is 0.907. The number of rotatable bonds is 7. The molecule has 1 N–H and O–H groups in total. The molecule has 1 saturated carbocycles. The van der Waals surface area contributed by atoms with Crippen molar-refractivity contribution in [2.75, 3.05) is 13.7 Å². The molecule has 1 aliphatic carbocycles. The predicted molar refractivity (Wildman–Crippen MR) is 92.9 cm³/mol. The molecule has 0 radical (unpaired) electrons. The number of ether oxygens (including phenoxy) is 1. The van der Waals surface area contributed by atoms with E-state index < -0.39 is 0 Å². The molecule has 1 fully saturated rings. The molecule has 0 amide bonds. The van der Waals surface area contributed by atoms with Crippen LogP contribution in [0.2, 0.25) is 0 Å². The maximum atomic E-state index is 5.37. The van der Waals surface area contributed by atoms with Crippen LogP contribution in [0.25, 0.3) is 0 Å². The number of hydrogen-bond donors (Lipinski definition) is 1. The molecular formula is C18H28BrNO. The van der Waals surface area contributed by atoms with Gasteiger partial charge in [-0.25, -0.2) is 0 Å². The largest absolute Gasteiger partial charge is 0.496 e. The van der Waals surface area contributed by atoms with Crippen LogP contribution >= 0.6 is 15.9 Å². The zero-order valence-corrected chi connectivity index (χ0v) is 15.1. The quantitative estimate of drug-likeness (QED) is 0.701. The van der Waals surface area contributed by atoms with Gasteiger partial charge in [0, 0.05) is 6.04 Å². The Labute approximate surface area is 137 Å². The Bertz CT molecular complexity index is 455. The molecule has 1 aromatic rings. The molecule has 0 bridgehead atoms. The van der Waals surface area contributed by atoms with Gasteiger partial charge in [-0.3, -0.25) is 0 Å². The second-order valence-electron chi connectivity index (χ2n) is 6.20. The van der Waals surface area contributed by atoms with E-state index in [-0.39, 0.29) is 0 Å². The minimum Gasteiger partial charge on any atom is -0.496 e.